The first-order valence-electron chi connectivity index (χ1n) is 10.7. The van der Waals surface area contributed by atoms with Crippen LogP contribution in [-0.4, -0.2) is 29.3 Å². The predicted octanol–water partition coefficient (Wildman–Crippen LogP) is 6.10. The van der Waals surface area contributed by atoms with Gasteiger partial charge in [0.15, 0.2) is 0 Å². The van der Waals surface area contributed by atoms with E-state index >= 15 is 0 Å². The highest BCUT2D eigenvalue weighted by molar-refractivity contribution is 7.15. The van der Waals surface area contributed by atoms with Gasteiger partial charge in [-0.05, 0) is 57.0 Å². The molecule has 4 aromatic rings. The number of ether oxygens (including phenoxy) is 2. The Hall–Kier alpha value is -3.65. The molecule has 0 atom stereocenters. The van der Waals surface area contributed by atoms with Gasteiger partial charge in [0, 0.05) is 28.7 Å². The summed E-state index contributed by atoms with van der Waals surface area (Å²) in [5.74, 6) is 1.21. The van der Waals surface area contributed by atoms with Crippen LogP contribution in [0.25, 0.3) is 27.7 Å². The summed E-state index contributed by atoms with van der Waals surface area (Å²) >= 11 is 1.33. The molecule has 0 unspecified atom stereocenters. The van der Waals surface area contributed by atoms with Gasteiger partial charge in [0.05, 0.1) is 19.5 Å². The molecule has 0 fully saturated rings. The van der Waals surface area contributed by atoms with E-state index in [1.807, 2.05) is 64.1 Å². The molecule has 2 aromatic heterocycles. The molecule has 170 valence electrons. The Bertz CT molecular complexity index is 1310. The highest BCUT2D eigenvalue weighted by Gasteiger charge is 2.16. The topological polar surface area (TPSA) is 86.5 Å². The summed E-state index contributed by atoms with van der Waals surface area (Å²) < 4.78 is 17.2. The summed E-state index contributed by atoms with van der Waals surface area (Å²) in [7, 11) is 0. The Morgan fingerprint density at radius 1 is 1.12 bits per heavy atom. The van der Waals surface area contributed by atoms with Gasteiger partial charge in [0.25, 0.3) is 0 Å². The second-order valence-electron chi connectivity index (χ2n) is 7.33. The van der Waals surface area contributed by atoms with Crippen LogP contribution in [0.15, 0.2) is 53.2 Å². The number of aromatic nitrogens is 2. The summed E-state index contributed by atoms with van der Waals surface area (Å²) in [4.78, 5) is 12.5. The summed E-state index contributed by atoms with van der Waals surface area (Å²) in [5, 5.41) is 12.8. The maximum absolute atomic E-state index is 12.5. The average molecular weight is 464 g/mol. The number of carbonyl (C=O) groups excluding carboxylic acids is 1. The van der Waals surface area contributed by atoms with E-state index in [9.17, 15) is 4.79 Å². The Kier molecular flexibility index (Phi) is 6.74. The maximum Gasteiger partial charge on any atom is 0.250 e. The van der Waals surface area contributed by atoms with Crippen LogP contribution in [0.4, 0.5) is 5.13 Å². The van der Waals surface area contributed by atoms with Crippen molar-refractivity contribution in [2.24, 2.45) is 0 Å². The van der Waals surface area contributed by atoms with Crippen LogP contribution in [0.3, 0.4) is 0 Å². The van der Waals surface area contributed by atoms with Gasteiger partial charge in [-0.3, -0.25) is 10.1 Å². The monoisotopic (exact) mass is 463 g/mol. The van der Waals surface area contributed by atoms with Crippen molar-refractivity contribution in [3.8, 4) is 22.6 Å². The molecule has 0 spiro atoms. The van der Waals surface area contributed by atoms with E-state index in [1.165, 1.54) is 17.4 Å². The number of anilines is 1. The number of benzene rings is 2. The molecule has 2 heterocycles. The first-order valence-corrected chi connectivity index (χ1v) is 11.5. The van der Waals surface area contributed by atoms with Gasteiger partial charge >= 0.3 is 0 Å². The van der Waals surface area contributed by atoms with Gasteiger partial charge in [0.2, 0.25) is 11.0 Å². The van der Waals surface area contributed by atoms with E-state index in [0.717, 1.165) is 38.4 Å². The quantitative estimate of drug-likeness (QED) is 0.318. The van der Waals surface area contributed by atoms with Gasteiger partial charge in [-0.1, -0.05) is 23.5 Å². The number of nitrogens with zero attached hydrogens (tertiary/aromatic N) is 2. The summed E-state index contributed by atoms with van der Waals surface area (Å²) in [6.45, 7) is 8.71. The summed E-state index contributed by atoms with van der Waals surface area (Å²) in [5.41, 5.74) is 4.27. The fourth-order valence-electron chi connectivity index (χ4n) is 3.52. The number of furan rings is 1. The van der Waals surface area contributed by atoms with Crippen molar-refractivity contribution < 1.29 is 18.7 Å². The van der Waals surface area contributed by atoms with Crippen molar-refractivity contribution in [2.75, 3.05) is 18.5 Å². The van der Waals surface area contributed by atoms with Crippen molar-refractivity contribution in [1.82, 2.24) is 10.2 Å². The minimum absolute atomic E-state index is 0.273. The van der Waals surface area contributed by atoms with Crippen LogP contribution in [-0.2, 0) is 4.79 Å². The number of rotatable bonds is 8. The Labute approximate surface area is 196 Å². The average Bonchev–Trinajstić information content (AvgIpc) is 3.39. The molecule has 0 aliphatic heterocycles. The van der Waals surface area contributed by atoms with Crippen molar-refractivity contribution in [1.29, 1.82) is 0 Å². The summed E-state index contributed by atoms with van der Waals surface area (Å²) in [6, 6.07) is 11.8. The highest BCUT2D eigenvalue weighted by atomic mass is 32.1. The SMILES string of the molecule is CCOc1ccc(-c2coc3cc(OCC)c(/C(C)=C/C(=O)Nc4nnc(C)s4)cc23)cc1. The van der Waals surface area contributed by atoms with Crippen LogP contribution < -0.4 is 14.8 Å². The van der Waals surface area contributed by atoms with E-state index in [0.29, 0.717) is 29.7 Å². The largest absolute Gasteiger partial charge is 0.494 e. The molecule has 8 heteroatoms. The van der Waals surface area contributed by atoms with Crippen LogP contribution >= 0.6 is 11.3 Å². The zero-order chi connectivity index (χ0) is 23.4. The van der Waals surface area contributed by atoms with E-state index in [4.69, 9.17) is 13.9 Å². The Morgan fingerprint density at radius 3 is 2.55 bits per heavy atom. The molecule has 33 heavy (non-hydrogen) atoms. The van der Waals surface area contributed by atoms with Gasteiger partial charge < -0.3 is 13.9 Å². The van der Waals surface area contributed by atoms with Crippen LogP contribution in [0, 0.1) is 6.92 Å². The lowest BCUT2D eigenvalue weighted by molar-refractivity contribution is -0.111. The van der Waals surface area contributed by atoms with E-state index in [-0.39, 0.29) is 5.91 Å². The number of amides is 1. The number of aryl methyl sites for hydroxylation is 1. The lowest BCUT2D eigenvalue weighted by atomic mass is 9.99. The van der Waals surface area contributed by atoms with Crippen molar-refractivity contribution >= 4 is 38.9 Å². The Balaban J connectivity index is 1.70. The first kappa shape index (κ1) is 22.5. The van der Waals surface area contributed by atoms with Crippen molar-refractivity contribution in [3.05, 3.63) is 59.3 Å². The zero-order valence-corrected chi connectivity index (χ0v) is 19.8. The third-order valence-corrected chi connectivity index (χ3v) is 5.73. The number of carbonyl (C=O) groups is 1. The van der Waals surface area contributed by atoms with Gasteiger partial charge in [-0.15, -0.1) is 10.2 Å². The molecule has 0 saturated carbocycles. The number of allylic oxidation sites excluding steroid dienone is 1. The fraction of sp³-hybridized carbons (Fsp3) is 0.240. The lowest BCUT2D eigenvalue weighted by Crippen LogP contribution is -2.08. The van der Waals surface area contributed by atoms with E-state index < -0.39 is 0 Å². The van der Waals surface area contributed by atoms with Gasteiger partial charge in [0.1, 0.15) is 22.1 Å². The number of fused-ring (bicyclic) bond motifs is 1. The normalized spacial score (nSPS) is 11.6. The Morgan fingerprint density at radius 2 is 1.88 bits per heavy atom. The molecular weight excluding hydrogens is 438 g/mol. The lowest BCUT2D eigenvalue weighted by Gasteiger charge is -2.11. The third kappa shape index (κ3) is 5.06. The molecule has 0 aliphatic carbocycles. The fourth-order valence-corrected chi connectivity index (χ4v) is 4.12. The van der Waals surface area contributed by atoms with E-state index in [1.54, 1.807) is 6.26 Å². The van der Waals surface area contributed by atoms with Gasteiger partial charge in [-0.2, -0.15) is 0 Å². The molecule has 0 aliphatic rings. The molecule has 1 amide bonds. The highest BCUT2D eigenvalue weighted by Crippen LogP contribution is 2.38. The molecule has 1 N–H and O–H groups in total. The number of nitrogens with one attached hydrogen (secondary N) is 1. The molecule has 2 aromatic carbocycles. The molecule has 0 radical (unpaired) electrons. The van der Waals surface area contributed by atoms with Crippen LogP contribution in [0.2, 0.25) is 0 Å². The molecule has 4 rings (SSSR count). The maximum atomic E-state index is 12.5. The minimum atomic E-state index is -0.273. The zero-order valence-electron chi connectivity index (χ0n) is 19.0. The third-order valence-electron chi connectivity index (χ3n) is 4.98. The first-order chi connectivity index (χ1) is 16.0. The van der Waals surface area contributed by atoms with Crippen molar-refractivity contribution in [3.63, 3.8) is 0 Å². The number of hydrogen-bond acceptors (Lipinski definition) is 7. The van der Waals surface area contributed by atoms with Crippen LogP contribution in [0.1, 0.15) is 31.3 Å². The van der Waals surface area contributed by atoms with Crippen molar-refractivity contribution in [2.45, 2.75) is 27.7 Å². The standard InChI is InChI=1S/C25H25N3O4S/c1-5-30-18-9-7-17(8-10-18)21-14-32-23-13-22(31-6-2)19(12-20(21)23)15(3)11-24(29)26-25-28-27-16(4)33-25/h7-14H,5-6H2,1-4H3,(H,26,28,29)/b15-11+. The van der Waals surface area contributed by atoms with Gasteiger partial charge in [-0.25, -0.2) is 0 Å². The van der Waals surface area contributed by atoms with E-state index in [2.05, 4.69) is 15.5 Å². The molecule has 7 nitrogen and oxygen atoms in total. The van der Waals surface area contributed by atoms with Crippen LogP contribution in [0.5, 0.6) is 11.5 Å². The molecular formula is C25H25N3O4S. The second-order valence-corrected chi connectivity index (χ2v) is 8.51. The minimum Gasteiger partial charge on any atom is -0.494 e. The predicted molar refractivity (Wildman–Crippen MR) is 131 cm³/mol. The molecule has 0 saturated heterocycles. The molecule has 0 bridgehead atoms. The smallest absolute Gasteiger partial charge is 0.250 e. The summed E-state index contributed by atoms with van der Waals surface area (Å²) in [6.07, 6.45) is 3.28. The number of hydrogen-bond donors (Lipinski definition) is 1. The second kappa shape index (κ2) is 9.87.